The molecule has 0 unspecified atom stereocenters. The topological polar surface area (TPSA) is 58.5 Å². The molecule has 0 amide bonds. The Morgan fingerprint density at radius 1 is 1.35 bits per heavy atom. The Balaban J connectivity index is 0.00000264. The standard InChI is InChI=1S/C17H28N4O.HI/c1-4-18-17(21-15-7-5-6-8-15)20-12-14-9-10-16(19-11-14)22-13(2)3;/h9-11,13,15H,4-8,12H2,1-3H3,(H2,18,20,21);1H. The van der Waals surface area contributed by atoms with Gasteiger partial charge in [-0.05, 0) is 39.2 Å². The first-order valence-corrected chi connectivity index (χ1v) is 8.33. The number of ether oxygens (including phenoxy) is 1. The Morgan fingerprint density at radius 3 is 2.65 bits per heavy atom. The molecule has 0 aliphatic heterocycles. The number of nitrogens with one attached hydrogen (secondary N) is 2. The number of rotatable bonds is 6. The minimum absolute atomic E-state index is 0. The molecular weight excluding hydrogens is 403 g/mol. The van der Waals surface area contributed by atoms with Crippen LogP contribution in [0.5, 0.6) is 5.88 Å². The van der Waals surface area contributed by atoms with Gasteiger partial charge in [0.25, 0.3) is 0 Å². The van der Waals surface area contributed by atoms with Crippen LogP contribution in [0.1, 0.15) is 52.0 Å². The first-order valence-electron chi connectivity index (χ1n) is 8.33. The summed E-state index contributed by atoms with van der Waals surface area (Å²) < 4.78 is 5.55. The zero-order valence-electron chi connectivity index (χ0n) is 14.3. The van der Waals surface area contributed by atoms with E-state index in [0.29, 0.717) is 18.5 Å². The van der Waals surface area contributed by atoms with Crippen LogP contribution in [0.25, 0.3) is 0 Å². The predicted molar refractivity (Wildman–Crippen MR) is 106 cm³/mol. The van der Waals surface area contributed by atoms with Gasteiger partial charge in [0.1, 0.15) is 0 Å². The van der Waals surface area contributed by atoms with Crippen molar-refractivity contribution in [1.82, 2.24) is 15.6 Å². The van der Waals surface area contributed by atoms with Crippen molar-refractivity contribution >= 4 is 29.9 Å². The van der Waals surface area contributed by atoms with Crippen LogP contribution < -0.4 is 15.4 Å². The molecule has 1 aliphatic rings. The maximum atomic E-state index is 5.55. The lowest BCUT2D eigenvalue weighted by Crippen LogP contribution is -2.42. The van der Waals surface area contributed by atoms with Gasteiger partial charge in [-0.15, -0.1) is 24.0 Å². The van der Waals surface area contributed by atoms with Gasteiger partial charge in [-0.2, -0.15) is 0 Å². The van der Waals surface area contributed by atoms with Gasteiger partial charge in [0, 0.05) is 24.8 Å². The molecule has 130 valence electrons. The van der Waals surface area contributed by atoms with E-state index in [1.807, 2.05) is 32.2 Å². The zero-order chi connectivity index (χ0) is 15.8. The molecule has 0 radical (unpaired) electrons. The molecule has 1 aromatic rings. The lowest BCUT2D eigenvalue weighted by Gasteiger charge is -2.16. The van der Waals surface area contributed by atoms with Gasteiger partial charge < -0.3 is 15.4 Å². The molecule has 2 rings (SSSR count). The average Bonchev–Trinajstić information content (AvgIpc) is 2.99. The lowest BCUT2D eigenvalue weighted by molar-refractivity contribution is 0.232. The summed E-state index contributed by atoms with van der Waals surface area (Å²) in [7, 11) is 0. The highest BCUT2D eigenvalue weighted by atomic mass is 127. The first kappa shape index (κ1) is 20.0. The maximum Gasteiger partial charge on any atom is 0.213 e. The Hall–Kier alpha value is -1.05. The number of aliphatic imine (C=N–C) groups is 1. The van der Waals surface area contributed by atoms with Gasteiger partial charge in [0.05, 0.1) is 12.6 Å². The van der Waals surface area contributed by atoms with Crippen molar-refractivity contribution in [1.29, 1.82) is 0 Å². The third kappa shape index (κ3) is 7.37. The van der Waals surface area contributed by atoms with Crippen molar-refractivity contribution in [3.05, 3.63) is 23.9 Å². The SMILES string of the molecule is CCNC(=NCc1ccc(OC(C)C)nc1)NC1CCCC1.I. The van der Waals surface area contributed by atoms with Crippen LogP contribution >= 0.6 is 24.0 Å². The van der Waals surface area contributed by atoms with Gasteiger partial charge in [-0.3, -0.25) is 0 Å². The van der Waals surface area contributed by atoms with Crippen LogP contribution in [-0.2, 0) is 6.54 Å². The Morgan fingerprint density at radius 2 is 2.09 bits per heavy atom. The van der Waals surface area contributed by atoms with Crippen molar-refractivity contribution < 1.29 is 4.74 Å². The summed E-state index contributed by atoms with van der Waals surface area (Å²) in [6, 6.07) is 4.49. The minimum Gasteiger partial charge on any atom is -0.475 e. The number of hydrogen-bond donors (Lipinski definition) is 2. The zero-order valence-corrected chi connectivity index (χ0v) is 16.7. The second-order valence-electron chi connectivity index (χ2n) is 5.99. The summed E-state index contributed by atoms with van der Waals surface area (Å²) in [5.74, 6) is 1.57. The molecule has 1 aliphatic carbocycles. The quantitative estimate of drug-likeness (QED) is 0.411. The third-order valence-corrected chi connectivity index (χ3v) is 3.61. The van der Waals surface area contributed by atoms with E-state index in [1.54, 1.807) is 0 Å². The van der Waals surface area contributed by atoms with Crippen LogP contribution in [-0.4, -0.2) is 29.6 Å². The highest BCUT2D eigenvalue weighted by Gasteiger charge is 2.15. The van der Waals surface area contributed by atoms with Crippen LogP contribution in [0.2, 0.25) is 0 Å². The summed E-state index contributed by atoms with van der Waals surface area (Å²) in [5, 5.41) is 6.83. The second-order valence-corrected chi connectivity index (χ2v) is 5.99. The highest BCUT2D eigenvalue weighted by molar-refractivity contribution is 14.0. The van der Waals surface area contributed by atoms with Crippen LogP contribution in [0.4, 0.5) is 0 Å². The molecule has 0 bridgehead atoms. The number of nitrogens with zero attached hydrogens (tertiary/aromatic N) is 2. The van der Waals surface area contributed by atoms with E-state index in [2.05, 4.69) is 27.5 Å². The van der Waals surface area contributed by atoms with Gasteiger partial charge in [0.15, 0.2) is 5.96 Å². The van der Waals surface area contributed by atoms with E-state index in [9.17, 15) is 0 Å². The fourth-order valence-corrected chi connectivity index (χ4v) is 2.57. The Kier molecular flexibility index (Phi) is 9.28. The molecule has 1 aromatic heterocycles. The molecule has 1 heterocycles. The number of hydrogen-bond acceptors (Lipinski definition) is 3. The van der Waals surface area contributed by atoms with E-state index in [-0.39, 0.29) is 30.1 Å². The van der Waals surface area contributed by atoms with Crippen LogP contribution in [0.3, 0.4) is 0 Å². The smallest absolute Gasteiger partial charge is 0.213 e. The van der Waals surface area contributed by atoms with Gasteiger partial charge in [-0.1, -0.05) is 18.9 Å². The number of aromatic nitrogens is 1. The third-order valence-electron chi connectivity index (χ3n) is 3.61. The van der Waals surface area contributed by atoms with E-state index >= 15 is 0 Å². The van der Waals surface area contributed by atoms with Gasteiger partial charge >= 0.3 is 0 Å². The molecular formula is C17H29IN4O. The molecule has 5 nitrogen and oxygen atoms in total. The van der Waals surface area contributed by atoms with E-state index < -0.39 is 0 Å². The first-order chi connectivity index (χ1) is 10.7. The summed E-state index contributed by atoms with van der Waals surface area (Å²) in [6.07, 6.45) is 7.10. The molecule has 0 aromatic carbocycles. The minimum atomic E-state index is 0. The summed E-state index contributed by atoms with van der Waals surface area (Å²) >= 11 is 0. The van der Waals surface area contributed by atoms with Gasteiger partial charge in [-0.25, -0.2) is 9.98 Å². The van der Waals surface area contributed by atoms with Gasteiger partial charge in [0.2, 0.25) is 5.88 Å². The fourth-order valence-electron chi connectivity index (χ4n) is 2.57. The molecule has 1 saturated carbocycles. The molecule has 23 heavy (non-hydrogen) atoms. The molecule has 0 saturated heterocycles. The van der Waals surface area contributed by atoms with Crippen molar-refractivity contribution in [3.63, 3.8) is 0 Å². The summed E-state index contributed by atoms with van der Waals surface area (Å²) in [5.41, 5.74) is 1.08. The number of guanidine groups is 1. The largest absolute Gasteiger partial charge is 0.475 e. The predicted octanol–water partition coefficient (Wildman–Crippen LogP) is 3.48. The van der Waals surface area contributed by atoms with E-state index in [4.69, 9.17) is 4.74 Å². The highest BCUT2D eigenvalue weighted by Crippen LogP contribution is 2.17. The van der Waals surface area contributed by atoms with Crippen LogP contribution in [0, 0.1) is 0 Å². The Bertz CT molecular complexity index is 470. The number of pyridine rings is 1. The van der Waals surface area contributed by atoms with Crippen molar-refractivity contribution in [2.75, 3.05) is 6.54 Å². The van der Waals surface area contributed by atoms with Crippen molar-refractivity contribution in [3.8, 4) is 5.88 Å². The average molecular weight is 432 g/mol. The lowest BCUT2D eigenvalue weighted by atomic mass is 10.2. The van der Waals surface area contributed by atoms with E-state index in [1.165, 1.54) is 25.7 Å². The van der Waals surface area contributed by atoms with Crippen molar-refractivity contribution in [2.24, 2.45) is 4.99 Å². The molecule has 6 heteroatoms. The van der Waals surface area contributed by atoms with E-state index in [0.717, 1.165) is 18.1 Å². The number of halogens is 1. The van der Waals surface area contributed by atoms with Crippen LogP contribution in [0.15, 0.2) is 23.3 Å². The molecule has 1 fully saturated rings. The normalized spacial score (nSPS) is 15.4. The maximum absolute atomic E-state index is 5.55. The monoisotopic (exact) mass is 432 g/mol. The molecule has 2 N–H and O–H groups in total. The molecule has 0 spiro atoms. The molecule has 0 atom stereocenters. The summed E-state index contributed by atoms with van der Waals surface area (Å²) in [6.45, 7) is 7.58. The Labute approximate surface area is 156 Å². The fraction of sp³-hybridized carbons (Fsp3) is 0.647. The van der Waals surface area contributed by atoms with Crippen molar-refractivity contribution in [2.45, 2.75) is 65.1 Å². The summed E-state index contributed by atoms with van der Waals surface area (Å²) in [4.78, 5) is 8.97. The second kappa shape index (κ2) is 10.7.